The van der Waals surface area contributed by atoms with Crippen molar-refractivity contribution in [3.63, 3.8) is 0 Å². The minimum atomic E-state index is -0.420. The van der Waals surface area contributed by atoms with Crippen LogP contribution in [0, 0.1) is 12.7 Å². The van der Waals surface area contributed by atoms with Crippen LogP contribution in [0.2, 0.25) is 0 Å². The number of morpholine rings is 1. The number of halogens is 1. The van der Waals surface area contributed by atoms with Crippen LogP contribution in [0.3, 0.4) is 0 Å². The number of ether oxygens (including phenoxy) is 2. The molecule has 6 heterocycles. The topological polar surface area (TPSA) is 83.1 Å². The van der Waals surface area contributed by atoms with E-state index in [1.54, 1.807) is 10.9 Å². The molecular formula is C26H30FN7O2. The summed E-state index contributed by atoms with van der Waals surface area (Å²) in [5.74, 6) is 0.345. The van der Waals surface area contributed by atoms with Crippen molar-refractivity contribution < 1.29 is 13.9 Å². The molecule has 10 heteroatoms. The second-order valence-corrected chi connectivity index (χ2v) is 9.60. The van der Waals surface area contributed by atoms with E-state index in [9.17, 15) is 0 Å². The molecule has 4 aromatic heterocycles. The van der Waals surface area contributed by atoms with E-state index in [1.807, 2.05) is 36.9 Å². The molecule has 36 heavy (non-hydrogen) atoms. The van der Waals surface area contributed by atoms with Crippen LogP contribution in [0.15, 0.2) is 30.6 Å². The molecule has 2 aliphatic rings. The lowest BCUT2D eigenvalue weighted by molar-refractivity contribution is -0.0383. The average Bonchev–Trinajstić information content (AvgIpc) is 3.50. The van der Waals surface area contributed by atoms with Crippen molar-refractivity contribution in [2.45, 2.75) is 45.4 Å². The molecule has 0 spiro atoms. The Morgan fingerprint density at radius 3 is 2.78 bits per heavy atom. The van der Waals surface area contributed by atoms with Gasteiger partial charge in [-0.25, -0.2) is 19.0 Å². The summed E-state index contributed by atoms with van der Waals surface area (Å²) in [4.78, 5) is 11.8. The van der Waals surface area contributed by atoms with Gasteiger partial charge in [0, 0.05) is 37.3 Å². The maximum Gasteiger partial charge on any atom is 0.151 e. The molecule has 2 aliphatic heterocycles. The fourth-order valence-electron chi connectivity index (χ4n) is 5.31. The smallest absolute Gasteiger partial charge is 0.151 e. The third kappa shape index (κ3) is 3.94. The molecule has 188 valence electrons. The molecule has 0 aliphatic carbocycles. The molecule has 0 N–H and O–H groups in total. The third-order valence-electron chi connectivity index (χ3n) is 7.06. The molecule has 2 fully saturated rings. The first-order chi connectivity index (χ1) is 17.5. The highest BCUT2D eigenvalue weighted by Crippen LogP contribution is 2.38. The van der Waals surface area contributed by atoms with E-state index >= 15 is 4.39 Å². The highest BCUT2D eigenvalue weighted by molar-refractivity contribution is 6.01. The standard InChI is InChI=1S/C26H30FN7O2/c1-16-12-21(32(3)31-16)18-13-22(33-9-11-35-15-17(33)2)30-26-24(18)19(27)14-28-25(26)20-7-8-29-34(20)23-6-4-5-10-36-23/h7-8,12-14,17,23H,4-6,9-11,15H2,1-3H3/t17-,23?/m1/s1. The fraction of sp³-hybridized carbons (Fsp3) is 0.462. The number of nitrogens with zero attached hydrogens (tertiary/aromatic N) is 7. The predicted octanol–water partition coefficient (Wildman–Crippen LogP) is 4.27. The quantitative estimate of drug-likeness (QED) is 0.422. The Morgan fingerprint density at radius 1 is 1.14 bits per heavy atom. The Kier molecular flexibility index (Phi) is 5.93. The SMILES string of the molecule is Cc1cc(-c2cc(N3CCOC[C@H]3C)nc3c(-c4ccnn4C4CCCCO4)ncc(F)c23)n(C)n1. The minimum Gasteiger partial charge on any atom is -0.377 e. The number of anilines is 1. The van der Waals surface area contributed by atoms with E-state index in [4.69, 9.17) is 14.5 Å². The summed E-state index contributed by atoms with van der Waals surface area (Å²) in [7, 11) is 1.88. The molecule has 0 amide bonds. The van der Waals surface area contributed by atoms with Crippen molar-refractivity contribution in [1.29, 1.82) is 0 Å². The van der Waals surface area contributed by atoms with Gasteiger partial charge in [0.25, 0.3) is 0 Å². The average molecular weight is 492 g/mol. The van der Waals surface area contributed by atoms with Gasteiger partial charge in [-0.1, -0.05) is 0 Å². The number of rotatable bonds is 4. The Bertz CT molecular complexity index is 1410. The van der Waals surface area contributed by atoms with Crippen LogP contribution in [0.4, 0.5) is 10.2 Å². The zero-order valence-electron chi connectivity index (χ0n) is 20.8. The first-order valence-electron chi connectivity index (χ1n) is 12.5. The minimum absolute atomic E-state index is 0.135. The van der Waals surface area contributed by atoms with E-state index in [1.165, 1.54) is 6.20 Å². The monoisotopic (exact) mass is 491 g/mol. The normalized spacial score (nSPS) is 20.8. The van der Waals surface area contributed by atoms with Crippen molar-refractivity contribution in [2.24, 2.45) is 7.05 Å². The van der Waals surface area contributed by atoms with Crippen LogP contribution in [0.5, 0.6) is 0 Å². The lowest BCUT2D eigenvalue weighted by Crippen LogP contribution is -2.44. The Labute approximate surface area is 208 Å². The number of aryl methyl sites for hydroxylation is 2. The van der Waals surface area contributed by atoms with Gasteiger partial charge in [0.1, 0.15) is 17.0 Å². The summed E-state index contributed by atoms with van der Waals surface area (Å²) >= 11 is 0. The van der Waals surface area contributed by atoms with Gasteiger partial charge in [0.15, 0.2) is 12.0 Å². The molecule has 0 saturated carbocycles. The van der Waals surface area contributed by atoms with Crippen molar-refractivity contribution in [3.8, 4) is 22.6 Å². The summed E-state index contributed by atoms with van der Waals surface area (Å²) in [6.07, 6.45) is 5.83. The van der Waals surface area contributed by atoms with Crippen molar-refractivity contribution in [1.82, 2.24) is 29.5 Å². The highest BCUT2D eigenvalue weighted by Gasteiger charge is 2.27. The molecule has 0 bridgehead atoms. The van der Waals surface area contributed by atoms with Gasteiger partial charge in [0.05, 0.1) is 42.5 Å². The van der Waals surface area contributed by atoms with Crippen LogP contribution in [-0.2, 0) is 16.5 Å². The van der Waals surface area contributed by atoms with E-state index in [-0.39, 0.29) is 12.3 Å². The van der Waals surface area contributed by atoms with Crippen LogP contribution >= 0.6 is 0 Å². The largest absolute Gasteiger partial charge is 0.377 e. The molecule has 6 rings (SSSR count). The van der Waals surface area contributed by atoms with Gasteiger partial charge >= 0.3 is 0 Å². The van der Waals surface area contributed by atoms with Gasteiger partial charge in [-0.05, 0) is 51.3 Å². The van der Waals surface area contributed by atoms with E-state index in [0.717, 1.165) is 47.7 Å². The predicted molar refractivity (Wildman–Crippen MR) is 134 cm³/mol. The molecule has 0 aromatic carbocycles. The van der Waals surface area contributed by atoms with Crippen LogP contribution in [-0.4, -0.2) is 61.9 Å². The zero-order chi connectivity index (χ0) is 24.8. The van der Waals surface area contributed by atoms with E-state index < -0.39 is 5.82 Å². The number of fused-ring (bicyclic) bond motifs is 1. The highest BCUT2D eigenvalue weighted by atomic mass is 19.1. The van der Waals surface area contributed by atoms with Gasteiger partial charge in [-0.2, -0.15) is 10.2 Å². The second kappa shape index (κ2) is 9.25. The lowest BCUT2D eigenvalue weighted by atomic mass is 10.0. The first kappa shape index (κ1) is 23.1. The Balaban J connectivity index is 1.61. The molecule has 9 nitrogen and oxygen atoms in total. The van der Waals surface area contributed by atoms with Gasteiger partial charge in [-0.15, -0.1) is 0 Å². The maximum absolute atomic E-state index is 15.6. The fourth-order valence-corrected chi connectivity index (χ4v) is 5.31. The number of pyridine rings is 2. The van der Waals surface area contributed by atoms with Crippen molar-refractivity contribution in [2.75, 3.05) is 31.3 Å². The van der Waals surface area contributed by atoms with E-state index in [2.05, 4.69) is 27.0 Å². The summed E-state index contributed by atoms with van der Waals surface area (Å²) in [5.41, 5.74) is 4.26. The summed E-state index contributed by atoms with van der Waals surface area (Å²) in [6.45, 7) is 6.67. The molecule has 2 saturated heterocycles. The van der Waals surface area contributed by atoms with Crippen LogP contribution in [0.25, 0.3) is 33.5 Å². The Hall–Kier alpha value is -3.37. The van der Waals surface area contributed by atoms with Gasteiger partial charge in [-0.3, -0.25) is 4.68 Å². The van der Waals surface area contributed by atoms with Crippen molar-refractivity contribution in [3.05, 3.63) is 42.1 Å². The molecule has 0 radical (unpaired) electrons. The van der Waals surface area contributed by atoms with Crippen molar-refractivity contribution >= 4 is 16.7 Å². The number of hydrogen-bond acceptors (Lipinski definition) is 7. The maximum atomic E-state index is 15.6. The first-order valence-corrected chi connectivity index (χ1v) is 12.5. The van der Waals surface area contributed by atoms with Gasteiger partial charge in [0.2, 0.25) is 0 Å². The third-order valence-corrected chi connectivity index (χ3v) is 7.06. The Morgan fingerprint density at radius 2 is 2.03 bits per heavy atom. The van der Waals surface area contributed by atoms with E-state index in [0.29, 0.717) is 43.0 Å². The number of hydrogen-bond donors (Lipinski definition) is 0. The molecule has 2 atom stereocenters. The summed E-state index contributed by atoms with van der Waals surface area (Å²) in [6, 6.07) is 5.98. The summed E-state index contributed by atoms with van der Waals surface area (Å²) < 4.78 is 30.9. The molecule has 4 aromatic rings. The second-order valence-electron chi connectivity index (χ2n) is 9.60. The zero-order valence-corrected chi connectivity index (χ0v) is 20.8. The van der Waals surface area contributed by atoms with Crippen LogP contribution < -0.4 is 4.90 Å². The molecule has 1 unspecified atom stereocenters. The van der Waals surface area contributed by atoms with Gasteiger partial charge < -0.3 is 14.4 Å². The van der Waals surface area contributed by atoms with Crippen LogP contribution in [0.1, 0.15) is 38.1 Å². The lowest BCUT2D eigenvalue weighted by Gasteiger charge is -2.34. The number of aromatic nitrogens is 6. The summed E-state index contributed by atoms with van der Waals surface area (Å²) in [5, 5.41) is 9.50. The molecular weight excluding hydrogens is 461 g/mol.